The van der Waals surface area contributed by atoms with Gasteiger partial charge in [0.1, 0.15) is 0 Å². The number of carbonyl (C=O) groups excluding carboxylic acids is 2. The van der Waals surface area contributed by atoms with Crippen LogP contribution in [-0.2, 0) is 11.2 Å². The number of carbonyl (C=O) groups is 2. The standard InChI is InChI=1S/C17H13BrN2O2S3/c18-11-3-5-12(6-4-11)19-16(22)8-13-9-24-17(20-13)25-10-14(21)15-2-1-7-23-15/h1-7,9H,8,10H2,(H,19,22). The van der Waals surface area contributed by atoms with E-state index in [0.29, 0.717) is 11.4 Å². The molecule has 3 rings (SSSR count). The highest BCUT2D eigenvalue weighted by Crippen LogP contribution is 2.25. The second-order valence-corrected chi connectivity index (χ2v) is 8.97. The smallest absolute Gasteiger partial charge is 0.230 e. The van der Waals surface area contributed by atoms with Crippen LogP contribution in [-0.4, -0.2) is 22.4 Å². The quantitative estimate of drug-likeness (QED) is 0.398. The van der Waals surface area contributed by atoms with Crippen molar-refractivity contribution >= 4 is 67.7 Å². The molecule has 1 amide bonds. The maximum Gasteiger partial charge on any atom is 0.230 e. The van der Waals surface area contributed by atoms with Gasteiger partial charge in [0.05, 0.1) is 22.7 Å². The molecule has 0 spiro atoms. The fraction of sp³-hybridized carbons (Fsp3) is 0.118. The van der Waals surface area contributed by atoms with E-state index in [-0.39, 0.29) is 18.1 Å². The number of thioether (sulfide) groups is 1. The van der Waals surface area contributed by atoms with Gasteiger partial charge in [-0.25, -0.2) is 4.98 Å². The Balaban J connectivity index is 1.50. The summed E-state index contributed by atoms with van der Waals surface area (Å²) < 4.78 is 1.76. The molecule has 0 aliphatic carbocycles. The SMILES string of the molecule is O=C(Cc1csc(SCC(=O)c2cccs2)n1)Nc1ccc(Br)cc1. The Kier molecular flexibility index (Phi) is 6.41. The summed E-state index contributed by atoms with van der Waals surface area (Å²) in [6.07, 6.45) is 0.214. The Labute approximate surface area is 165 Å². The van der Waals surface area contributed by atoms with Crippen LogP contribution in [0.3, 0.4) is 0 Å². The molecular weight excluding hydrogens is 440 g/mol. The topological polar surface area (TPSA) is 59.1 Å². The first-order chi connectivity index (χ1) is 12.1. The van der Waals surface area contributed by atoms with Gasteiger partial charge in [0.2, 0.25) is 5.91 Å². The van der Waals surface area contributed by atoms with Crippen molar-refractivity contribution in [1.82, 2.24) is 4.98 Å². The lowest BCUT2D eigenvalue weighted by atomic mass is 10.3. The number of amides is 1. The minimum absolute atomic E-state index is 0.102. The number of thiophene rings is 1. The van der Waals surface area contributed by atoms with E-state index in [0.717, 1.165) is 19.4 Å². The largest absolute Gasteiger partial charge is 0.326 e. The van der Waals surface area contributed by atoms with E-state index in [9.17, 15) is 9.59 Å². The van der Waals surface area contributed by atoms with E-state index in [4.69, 9.17) is 0 Å². The average molecular weight is 453 g/mol. The van der Waals surface area contributed by atoms with E-state index in [1.165, 1.54) is 34.4 Å². The zero-order chi connectivity index (χ0) is 17.6. The second kappa shape index (κ2) is 8.75. The summed E-state index contributed by atoms with van der Waals surface area (Å²) in [6, 6.07) is 11.1. The monoisotopic (exact) mass is 452 g/mol. The molecule has 0 unspecified atom stereocenters. The summed E-state index contributed by atoms with van der Waals surface area (Å²) in [6.45, 7) is 0. The van der Waals surface area contributed by atoms with Crippen LogP contribution in [0.1, 0.15) is 15.4 Å². The van der Waals surface area contributed by atoms with Crippen molar-refractivity contribution in [1.29, 1.82) is 0 Å². The number of hydrogen-bond acceptors (Lipinski definition) is 6. The number of Topliss-reactive ketones (excluding diaryl/α,β-unsaturated/α-hetero) is 1. The van der Waals surface area contributed by atoms with Gasteiger partial charge in [-0.3, -0.25) is 9.59 Å². The van der Waals surface area contributed by atoms with Gasteiger partial charge in [0, 0.05) is 15.5 Å². The number of nitrogens with one attached hydrogen (secondary N) is 1. The molecule has 8 heteroatoms. The Morgan fingerprint density at radius 1 is 1.16 bits per heavy atom. The van der Waals surface area contributed by atoms with E-state index in [1.807, 2.05) is 47.2 Å². The average Bonchev–Trinajstić information content (AvgIpc) is 3.26. The predicted octanol–water partition coefficient (Wildman–Crippen LogP) is 5.12. The van der Waals surface area contributed by atoms with Crippen molar-refractivity contribution < 1.29 is 9.59 Å². The van der Waals surface area contributed by atoms with Crippen LogP contribution in [0.25, 0.3) is 0 Å². The second-order valence-electron chi connectivity index (χ2n) is 5.03. The fourth-order valence-corrected chi connectivity index (χ4v) is 4.72. The molecule has 0 atom stereocenters. The van der Waals surface area contributed by atoms with Gasteiger partial charge in [-0.1, -0.05) is 33.8 Å². The summed E-state index contributed by atoms with van der Waals surface area (Å²) in [5.74, 6) is 0.349. The summed E-state index contributed by atoms with van der Waals surface area (Å²) in [5, 5.41) is 6.59. The van der Waals surface area contributed by atoms with Crippen molar-refractivity contribution in [3.05, 3.63) is 62.2 Å². The first-order valence-corrected chi connectivity index (χ1v) is 10.8. The van der Waals surface area contributed by atoms with Gasteiger partial charge in [0.15, 0.2) is 10.1 Å². The van der Waals surface area contributed by atoms with Crippen LogP contribution in [0.4, 0.5) is 5.69 Å². The number of aromatic nitrogens is 1. The zero-order valence-corrected chi connectivity index (χ0v) is 16.9. The third-order valence-electron chi connectivity index (χ3n) is 3.12. The molecule has 0 bridgehead atoms. The molecule has 1 aromatic carbocycles. The third-order valence-corrected chi connectivity index (χ3v) is 6.63. The van der Waals surface area contributed by atoms with E-state index >= 15 is 0 Å². The summed E-state index contributed by atoms with van der Waals surface area (Å²) in [5.41, 5.74) is 1.46. The molecule has 0 fully saturated rings. The predicted molar refractivity (Wildman–Crippen MR) is 108 cm³/mol. The van der Waals surface area contributed by atoms with E-state index in [2.05, 4.69) is 26.2 Å². The Morgan fingerprint density at radius 2 is 1.96 bits per heavy atom. The molecule has 4 nitrogen and oxygen atoms in total. The molecule has 2 heterocycles. The van der Waals surface area contributed by atoms with E-state index in [1.54, 1.807) is 0 Å². The van der Waals surface area contributed by atoms with Gasteiger partial charge in [-0.2, -0.15) is 0 Å². The number of hydrogen-bond donors (Lipinski definition) is 1. The third kappa shape index (κ3) is 5.50. The lowest BCUT2D eigenvalue weighted by Crippen LogP contribution is -2.14. The molecule has 0 saturated heterocycles. The highest BCUT2D eigenvalue weighted by atomic mass is 79.9. The lowest BCUT2D eigenvalue weighted by molar-refractivity contribution is -0.115. The number of rotatable bonds is 7. The Bertz CT molecular complexity index is 860. The van der Waals surface area contributed by atoms with Crippen molar-refractivity contribution in [2.45, 2.75) is 10.8 Å². The molecule has 2 aromatic heterocycles. The first kappa shape index (κ1) is 18.3. The number of anilines is 1. The number of ketones is 1. The van der Waals surface area contributed by atoms with Crippen LogP contribution >= 0.6 is 50.4 Å². The number of halogens is 1. The Hall–Kier alpha value is -1.48. The van der Waals surface area contributed by atoms with Crippen molar-refractivity contribution in [2.75, 3.05) is 11.1 Å². The minimum Gasteiger partial charge on any atom is -0.326 e. The van der Waals surface area contributed by atoms with Gasteiger partial charge in [-0.05, 0) is 35.7 Å². The van der Waals surface area contributed by atoms with Crippen molar-refractivity contribution in [3.63, 3.8) is 0 Å². The van der Waals surface area contributed by atoms with Crippen molar-refractivity contribution in [2.24, 2.45) is 0 Å². The molecule has 0 saturated carbocycles. The summed E-state index contributed by atoms with van der Waals surface area (Å²) in [7, 11) is 0. The maximum atomic E-state index is 12.1. The number of benzene rings is 1. The summed E-state index contributed by atoms with van der Waals surface area (Å²) in [4.78, 5) is 29.3. The lowest BCUT2D eigenvalue weighted by Gasteiger charge is -2.03. The molecule has 1 N–H and O–H groups in total. The van der Waals surface area contributed by atoms with Gasteiger partial charge in [-0.15, -0.1) is 22.7 Å². The molecule has 25 heavy (non-hydrogen) atoms. The number of nitrogens with zero attached hydrogens (tertiary/aromatic N) is 1. The highest BCUT2D eigenvalue weighted by Gasteiger charge is 2.11. The van der Waals surface area contributed by atoms with Crippen LogP contribution in [0.5, 0.6) is 0 Å². The number of thiazole rings is 1. The van der Waals surface area contributed by atoms with Gasteiger partial charge >= 0.3 is 0 Å². The maximum absolute atomic E-state index is 12.1. The molecule has 3 aromatic rings. The Morgan fingerprint density at radius 3 is 2.68 bits per heavy atom. The van der Waals surface area contributed by atoms with E-state index < -0.39 is 0 Å². The molecular formula is C17H13BrN2O2S3. The van der Waals surface area contributed by atoms with Gasteiger partial charge < -0.3 is 5.32 Å². The molecule has 0 aliphatic rings. The molecule has 0 radical (unpaired) electrons. The molecule has 128 valence electrons. The molecule has 0 aliphatic heterocycles. The fourth-order valence-electron chi connectivity index (χ4n) is 1.97. The van der Waals surface area contributed by atoms with Crippen LogP contribution < -0.4 is 5.32 Å². The van der Waals surface area contributed by atoms with Crippen LogP contribution in [0, 0.1) is 0 Å². The van der Waals surface area contributed by atoms with Crippen molar-refractivity contribution in [3.8, 4) is 0 Å². The van der Waals surface area contributed by atoms with Crippen LogP contribution in [0.15, 0.2) is 56.0 Å². The minimum atomic E-state index is -0.112. The van der Waals surface area contributed by atoms with Crippen LogP contribution in [0.2, 0.25) is 0 Å². The summed E-state index contributed by atoms with van der Waals surface area (Å²) >= 11 is 7.67. The zero-order valence-electron chi connectivity index (χ0n) is 12.9. The highest BCUT2D eigenvalue weighted by molar-refractivity contribution is 9.10. The van der Waals surface area contributed by atoms with Gasteiger partial charge in [0.25, 0.3) is 0 Å². The normalized spacial score (nSPS) is 10.6. The first-order valence-electron chi connectivity index (χ1n) is 7.29.